The van der Waals surface area contributed by atoms with E-state index in [-0.39, 0.29) is 0 Å². The Hall–Kier alpha value is -1.04. The lowest BCUT2D eigenvalue weighted by Gasteiger charge is -2.26. The van der Waals surface area contributed by atoms with Crippen LogP contribution >= 0.6 is 0 Å². The summed E-state index contributed by atoms with van der Waals surface area (Å²) in [5.41, 5.74) is 1.17. The van der Waals surface area contributed by atoms with Crippen LogP contribution in [0.3, 0.4) is 0 Å². The summed E-state index contributed by atoms with van der Waals surface area (Å²) >= 11 is 0. The summed E-state index contributed by atoms with van der Waals surface area (Å²) in [5, 5.41) is 9.48. The van der Waals surface area contributed by atoms with Crippen LogP contribution < -0.4 is 5.32 Å². The molecule has 86 valence electrons. The van der Waals surface area contributed by atoms with E-state index in [9.17, 15) is 13.2 Å². The first-order valence-electron chi connectivity index (χ1n) is 4.64. The first-order valence-corrected chi connectivity index (χ1v) is 4.64. The van der Waals surface area contributed by atoms with Crippen molar-refractivity contribution in [1.82, 2.24) is 10.2 Å². The van der Waals surface area contributed by atoms with E-state index in [0.717, 1.165) is 12.8 Å². The van der Waals surface area contributed by atoms with E-state index in [4.69, 9.17) is 5.41 Å². The second kappa shape index (κ2) is 4.65. The molecule has 0 aromatic heterocycles. The maximum Gasteiger partial charge on any atom is 0.405 e. The third kappa shape index (κ3) is 3.91. The second-order valence-electron chi connectivity index (χ2n) is 3.60. The Morgan fingerprint density at radius 3 is 2.73 bits per heavy atom. The normalized spacial score (nSPS) is 19.2. The quantitative estimate of drug-likeness (QED) is 0.707. The molecule has 1 aliphatic rings. The highest BCUT2D eigenvalue weighted by Crippen LogP contribution is 2.17. The fourth-order valence-electron chi connectivity index (χ4n) is 1.47. The lowest BCUT2D eigenvalue weighted by Crippen LogP contribution is -2.36. The summed E-state index contributed by atoms with van der Waals surface area (Å²) in [6.45, 7) is 0.227. The van der Waals surface area contributed by atoms with E-state index < -0.39 is 12.7 Å². The summed E-state index contributed by atoms with van der Waals surface area (Å²) in [5.74, 6) is 0. The van der Waals surface area contributed by atoms with Crippen LogP contribution in [0.15, 0.2) is 11.3 Å². The molecule has 0 aromatic rings. The molecule has 0 bridgehead atoms. The van der Waals surface area contributed by atoms with Crippen LogP contribution in [0.1, 0.15) is 6.42 Å². The van der Waals surface area contributed by atoms with Gasteiger partial charge in [0.2, 0.25) is 0 Å². The minimum Gasteiger partial charge on any atom is -0.379 e. The van der Waals surface area contributed by atoms with E-state index in [2.05, 4.69) is 5.32 Å². The zero-order valence-electron chi connectivity index (χ0n) is 8.49. The molecule has 0 atom stereocenters. The van der Waals surface area contributed by atoms with E-state index in [1.54, 1.807) is 0 Å². The van der Waals surface area contributed by atoms with Crippen molar-refractivity contribution in [3.63, 3.8) is 0 Å². The topological polar surface area (TPSA) is 39.1 Å². The molecule has 1 heterocycles. The molecule has 3 nitrogen and oxygen atoms in total. The van der Waals surface area contributed by atoms with Gasteiger partial charge in [-0.25, -0.2) is 0 Å². The highest BCUT2D eigenvalue weighted by molar-refractivity contribution is 5.77. The number of halogens is 3. The van der Waals surface area contributed by atoms with E-state index in [0.29, 0.717) is 24.2 Å². The van der Waals surface area contributed by atoms with Crippen LogP contribution in [-0.2, 0) is 0 Å². The van der Waals surface area contributed by atoms with Crippen molar-refractivity contribution in [3.05, 3.63) is 11.3 Å². The lowest BCUT2D eigenvalue weighted by molar-refractivity contribution is -0.123. The molecule has 0 unspecified atom stereocenters. The molecule has 0 aromatic carbocycles. The minimum absolute atomic E-state index is 0.531. The van der Waals surface area contributed by atoms with Crippen molar-refractivity contribution >= 4 is 6.21 Å². The number of nitrogens with zero attached hydrogens (tertiary/aromatic N) is 1. The highest BCUT2D eigenvalue weighted by atomic mass is 19.4. The fourth-order valence-corrected chi connectivity index (χ4v) is 1.47. The van der Waals surface area contributed by atoms with Crippen LogP contribution in [0.5, 0.6) is 0 Å². The third-order valence-corrected chi connectivity index (χ3v) is 2.25. The van der Waals surface area contributed by atoms with Crippen LogP contribution in [-0.4, -0.2) is 44.0 Å². The van der Waals surface area contributed by atoms with E-state index >= 15 is 0 Å². The number of rotatable bonds is 3. The van der Waals surface area contributed by atoms with E-state index in [1.165, 1.54) is 0 Å². The molecule has 1 rings (SSSR count). The average Bonchev–Trinajstić information content (AvgIpc) is 2.14. The van der Waals surface area contributed by atoms with Gasteiger partial charge in [0.1, 0.15) is 6.54 Å². The maximum absolute atomic E-state index is 12.0. The van der Waals surface area contributed by atoms with Crippen molar-refractivity contribution in [2.75, 3.05) is 26.7 Å². The maximum atomic E-state index is 12.0. The fraction of sp³-hybridized carbons (Fsp3) is 0.667. The van der Waals surface area contributed by atoms with Gasteiger partial charge in [-0.2, -0.15) is 13.2 Å². The largest absolute Gasteiger partial charge is 0.405 e. The molecule has 0 amide bonds. The minimum atomic E-state index is -4.20. The number of alkyl halides is 3. The highest BCUT2D eigenvalue weighted by Gasteiger charge is 2.27. The first-order chi connectivity index (χ1) is 6.92. The lowest BCUT2D eigenvalue weighted by atomic mass is 10.1. The van der Waals surface area contributed by atoms with Crippen molar-refractivity contribution in [2.45, 2.75) is 12.6 Å². The molecular weight excluding hydrogens is 207 g/mol. The number of hydrogen-bond acceptors (Lipinski definition) is 3. The Morgan fingerprint density at radius 2 is 2.20 bits per heavy atom. The Balaban J connectivity index is 2.62. The van der Waals surface area contributed by atoms with Crippen LogP contribution in [0, 0.1) is 5.41 Å². The van der Waals surface area contributed by atoms with Crippen molar-refractivity contribution in [1.29, 1.82) is 5.41 Å². The predicted octanol–water partition coefficient (Wildman–Crippen LogP) is 1.38. The van der Waals surface area contributed by atoms with Crippen molar-refractivity contribution < 1.29 is 13.2 Å². The SMILES string of the molecule is CN1CCC(NCC(F)(F)F)=C(C=N)C1. The summed E-state index contributed by atoms with van der Waals surface area (Å²) < 4.78 is 35.9. The molecule has 0 saturated heterocycles. The monoisotopic (exact) mass is 221 g/mol. The van der Waals surface area contributed by atoms with Gasteiger partial charge in [-0.05, 0) is 7.05 Å². The predicted molar refractivity (Wildman–Crippen MR) is 52.0 cm³/mol. The van der Waals surface area contributed by atoms with Gasteiger partial charge in [0, 0.05) is 37.0 Å². The molecule has 1 aliphatic heterocycles. The number of nitrogens with one attached hydrogen (secondary N) is 2. The third-order valence-electron chi connectivity index (χ3n) is 2.25. The smallest absolute Gasteiger partial charge is 0.379 e. The van der Waals surface area contributed by atoms with Crippen molar-refractivity contribution in [3.8, 4) is 0 Å². The summed E-state index contributed by atoms with van der Waals surface area (Å²) in [4.78, 5) is 1.97. The van der Waals surface area contributed by atoms with Gasteiger partial charge < -0.3 is 15.6 Å². The zero-order valence-corrected chi connectivity index (χ0v) is 8.49. The Kier molecular flexibility index (Phi) is 3.73. The number of likely N-dealkylation sites (N-methyl/N-ethyl adjacent to an activating group) is 1. The molecule has 0 spiro atoms. The molecule has 0 fully saturated rings. The van der Waals surface area contributed by atoms with Gasteiger partial charge in [-0.1, -0.05) is 0 Å². The van der Waals surface area contributed by atoms with Gasteiger partial charge >= 0.3 is 6.18 Å². The number of hydrogen-bond donors (Lipinski definition) is 2. The van der Waals surface area contributed by atoms with Gasteiger partial charge in [0.05, 0.1) is 0 Å². The van der Waals surface area contributed by atoms with Crippen LogP contribution in [0.25, 0.3) is 0 Å². The molecule has 0 aliphatic carbocycles. The first kappa shape index (κ1) is 12.0. The van der Waals surface area contributed by atoms with Crippen LogP contribution in [0.2, 0.25) is 0 Å². The summed E-state index contributed by atoms with van der Waals surface area (Å²) in [6, 6.07) is 0. The standard InChI is InChI=1S/C9H14F3N3/c1-15-3-2-8(7(4-13)5-15)14-6-9(10,11)12/h4,13-14H,2-3,5-6H2,1H3. The molecule has 15 heavy (non-hydrogen) atoms. The zero-order chi connectivity index (χ0) is 11.5. The molecule has 6 heteroatoms. The molecule has 2 N–H and O–H groups in total. The summed E-state index contributed by atoms with van der Waals surface area (Å²) in [6.07, 6.45) is -2.55. The molecular formula is C9H14F3N3. The Bertz CT molecular complexity index is 270. The van der Waals surface area contributed by atoms with Gasteiger partial charge in [0.25, 0.3) is 0 Å². The van der Waals surface area contributed by atoms with Gasteiger partial charge in [0.15, 0.2) is 0 Å². The summed E-state index contributed by atoms with van der Waals surface area (Å²) in [7, 11) is 1.88. The van der Waals surface area contributed by atoms with Gasteiger partial charge in [-0.3, -0.25) is 0 Å². The second-order valence-corrected chi connectivity index (χ2v) is 3.60. The Labute approximate surface area is 86.5 Å². The Morgan fingerprint density at radius 1 is 1.53 bits per heavy atom. The van der Waals surface area contributed by atoms with Crippen molar-refractivity contribution in [2.24, 2.45) is 0 Å². The molecule has 0 radical (unpaired) electrons. The van der Waals surface area contributed by atoms with E-state index in [1.807, 2.05) is 11.9 Å². The average molecular weight is 221 g/mol. The van der Waals surface area contributed by atoms with Gasteiger partial charge in [-0.15, -0.1) is 0 Å². The molecule has 0 saturated carbocycles. The van der Waals surface area contributed by atoms with Crippen LogP contribution in [0.4, 0.5) is 13.2 Å².